The number of hydrogen-bond acceptors (Lipinski definition) is 2. The summed E-state index contributed by atoms with van der Waals surface area (Å²) in [5.41, 5.74) is 0. The second kappa shape index (κ2) is 2.46. The van der Waals surface area contributed by atoms with Gasteiger partial charge in [-0.2, -0.15) is 0 Å². The van der Waals surface area contributed by atoms with Gasteiger partial charge in [-0.15, -0.1) is 0 Å². The van der Waals surface area contributed by atoms with Crippen molar-refractivity contribution < 1.29 is 9.84 Å². The summed E-state index contributed by atoms with van der Waals surface area (Å²) in [4.78, 5) is 0. The average molecular weight is 116 g/mol. The van der Waals surface area contributed by atoms with Crippen molar-refractivity contribution in [2.45, 2.75) is 19.4 Å². The van der Waals surface area contributed by atoms with Crippen LogP contribution in [0.3, 0.4) is 0 Å². The van der Waals surface area contributed by atoms with Crippen molar-refractivity contribution >= 4 is 0 Å². The SMILES string of the molecule is C[C@H]1CCOCC1O. The molecule has 0 aromatic rings. The number of rotatable bonds is 0. The van der Waals surface area contributed by atoms with Crippen LogP contribution in [-0.4, -0.2) is 24.4 Å². The van der Waals surface area contributed by atoms with E-state index in [9.17, 15) is 0 Å². The van der Waals surface area contributed by atoms with E-state index >= 15 is 0 Å². The van der Waals surface area contributed by atoms with Gasteiger partial charge in [0.1, 0.15) is 0 Å². The molecule has 0 radical (unpaired) electrons. The van der Waals surface area contributed by atoms with Gasteiger partial charge in [0.15, 0.2) is 0 Å². The lowest BCUT2D eigenvalue weighted by Crippen LogP contribution is -2.29. The highest BCUT2D eigenvalue weighted by atomic mass is 16.5. The Hall–Kier alpha value is -0.0800. The highest BCUT2D eigenvalue weighted by Crippen LogP contribution is 2.13. The molecule has 48 valence electrons. The summed E-state index contributed by atoms with van der Waals surface area (Å²) in [6.07, 6.45) is 0.782. The molecule has 0 aromatic heterocycles. The zero-order chi connectivity index (χ0) is 5.98. The largest absolute Gasteiger partial charge is 0.390 e. The molecule has 0 aliphatic carbocycles. The van der Waals surface area contributed by atoms with Crippen LogP contribution in [0.4, 0.5) is 0 Å². The normalized spacial score (nSPS) is 39.8. The summed E-state index contributed by atoms with van der Waals surface area (Å²) in [6, 6.07) is 0. The fourth-order valence-corrected chi connectivity index (χ4v) is 0.830. The first kappa shape index (κ1) is 6.05. The second-order valence-electron chi connectivity index (χ2n) is 2.41. The topological polar surface area (TPSA) is 29.5 Å². The molecule has 1 saturated heterocycles. The molecule has 2 heteroatoms. The smallest absolute Gasteiger partial charge is 0.0799 e. The zero-order valence-electron chi connectivity index (χ0n) is 5.13. The number of hydrogen-bond donors (Lipinski definition) is 1. The molecule has 1 N–H and O–H groups in total. The van der Waals surface area contributed by atoms with Crippen LogP contribution < -0.4 is 0 Å². The van der Waals surface area contributed by atoms with E-state index in [2.05, 4.69) is 0 Å². The van der Waals surface area contributed by atoms with Crippen molar-refractivity contribution in [1.29, 1.82) is 0 Å². The number of ether oxygens (including phenoxy) is 1. The Morgan fingerprint density at radius 1 is 1.62 bits per heavy atom. The molecule has 0 spiro atoms. The first-order valence-corrected chi connectivity index (χ1v) is 3.06. The van der Waals surface area contributed by atoms with Gasteiger partial charge in [0, 0.05) is 6.61 Å². The van der Waals surface area contributed by atoms with E-state index in [1.54, 1.807) is 0 Å². The van der Waals surface area contributed by atoms with Crippen LogP contribution in [0.2, 0.25) is 0 Å². The highest BCUT2D eigenvalue weighted by molar-refractivity contribution is 4.67. The van der Waals surface area contributed by atoms with Gasteiger partial charge in [0.05, 0.1) is 12.7 Å². The minimum Gasteiger partial charge on any atom is -0.390 e. The van der Waals surface area contributed by atoms with Crippen molar-refractivity contribution in [3.05, 3.63) is 0 Å². The molecule has 1 aliphatic heterocycles. The molecule has 0 amide bonds. The molecule has 2 atom stereocenters. The van der Waals surface area contributed by atoms with Crippen LogP contribution in [0, 0.1) is 5.92 Å². The Bertz CT molecular complexity index is 62.9. The van der Waals surface area contributed by atoms with Crippen molar-refractivity contribution in [2.75, 3.05) is 13.2 Å². The molecular weight excluding hydrogens is 104 g/mol. The third-order valence-electron chi connectivity index (χ3n) is 1.66. The summed E-state index contributed by atoms with van der Waals surface area (Å²) in [7, 11) is 0. The molecule has 1 unspecified atom stereocenters. The van der Waals surface area contributed by atoms with Gasteiger partial charge >= 0.3 is 0 Å². The second-order valence-corrected chi connectivity index (χ2v) is 2.41. The standard InChI is InChI=1S/C6H12O2/c1-5-2-3-8-4-6(5)7/h5-7H,2-4H2,1H3/t5-,6?/m0/s1. The maximum Gasteiger partial charge on any atom is 0.0799 e. The van der Waals surface area contributed by atoms with Gasteiger partial charge in [-0.1, -0.05) is 6.92 Å². The van der Waals surface area contributed by atoms with Crippen molar-refractivity contribution in [1.82, 2.24) is 0 Å². The minimum atomic E-state index is -0.219. The van der Waals surface area contributed by atoms with E-state index in [4.69, 9.17) is 9.84 Å². The van der Waals surface area contributed by atoms with Gasteiger partial charge in [0.2, 0.25) is 0 Å². The molecule has 1 aliphatic rings. The van der Waals surface area contributed by atoms with E-state index in [0.717, 1.165) is 13.0 Å². The minimum absolute atomic E-state index is 0.219. The lowest BCUT2D eigenvalue weighted by molar-refractivity contribution is -0.0380. The molecule has 2 nitrogen and oxygen atoms in total. The molecule has 0 bridgehead atoms. The molecular formula is C6H12O2. The maximum absolute atomic E-state index is 9.05. The zero-order valence-corrected chi connectivity index (χ0v) is 5.13. The molecule has 0 saturated carbocycles. The highest BCUT2D eigenvalue weighted by Gasteiger charge is 2.18. The van der Waals surface area contributed by atoms with Crippen LogP contribution in [0.1, 0.15) is 13.3 Å². The van der Waals surface area contributed by atoms with E-state index in [0.29, 0.717) is 12.5 Å². The lowest BCUT2D eigenvalue weighted by atomic mass is 10.0. The average Bonchev–Trinajstić information content (AvgIpc) is 1.77. The predicted molar refractivity (Wildman–Crippen MR) is 30.6 cm³/mol. The van der Waals surface area contributed by atoms with E-state index in [1.807, 2.05) is 6.92 Å². The van der Waals surface area contributed by atoms with Crippen LogP contribution in [0.15, 0.2) is 0 Å². The van der Waals surface area contributed by atoms with Crippen molar-refractivity contribution in [3.63, 3.8) is 0 Å². The summed E-state index contributed by atoms with van der Waals surface area (Å²) in [6.45, 7) is 3.40. The molecule has 0 aromatic carbocycles. The van der Waals surface area contributed by atoms with Crippen LogP contribution in [0.5, 0.6) is 0 Å². The first-order chi connectivity index (χ1) is 3.80. The first-order valence-electron chi connectivity index (χ1n) is 3.06. The number of aliphatic hydroxyl groups is 1. The Balaban J connectivity index is 2.28. The Kier molecular flexibility index (Phi) is 1.86. The fourth-order valence-electron chi connectivity index (χ4n) is 0.830. The molecule has 1 heterocycles. The van der Waals surface area contributed by atoms with E-state index < -0.39 is 0 Å². The van der Waals surface area contributed by atoms with Gasteiger partial charge in [-0.3, -0.25) is 0 Å². The molecule has 8 heavy (non-hydrogen) atoms. The third kappa shape index (κ3) is 1.20. The van der Waals surface area contributed by atoms with E-state index in [1.165, 1.54) is 0 Å². The lowest BCUT2D eigenvalue weighted by Gasteiger charge is -2.23. The summed E-state index contributed by atoms with van der Waals surface area (Å²) in [5, 5.41) is 9.05. The summed E-state index contributed by atoms with van der Waals surface area (Å²) >= 11 is 0. The van der Waals surface area contributed by atoms with Crippen molar-refractivity contribution in [3.8, 4) is 0 Å². The van der Waals surface area contributed by atoms with Crippen LogP contribution in [0.25, 0.3) is 0 Å². The monoisotopic (exact) mass is 116 g/mol. The molecule has 1 fully saturated rings. The van der Waals surface area contributed by atoms with Gasteiger partial charge in [-0.25, -0.2) is 0 Å². The van der Waals surface area contributed by atoms with E-state index in [-0.39, 0.29) is 6.10 Å². The Morgan fingerprint density at radius 2 is 2.38 bits per heavy atom. The summed E-state index contributed by atoms with van der Waals surface area (Å²) in [5.74, 6) is 0.434. The summed E-state index contributed by atoms with van der Waals surface area (Å²) < 4.78 is 5.00. The maximum atomic E-state index is 9.05. The van der Waals surface area contributed by atoms with Gasteiger partial charge in [0.25, 0.3) is 0 Å². The molecule has 1 rings (SSSR count). The quantitative estimate of drug-likeness (QED) is 0.496. The fraction of sp³-hybridized carbons (Fsp3) is 1.00. The van der Waals surface area contributed by atoms with Gasteiger partial charge in [-0.05, 0) is 12.3 Å². The predicted octanol–water partition coefficient (Wildman–Crippen LogP) is 0.404. The van der Waals surface area contributed by atoms with Crippen LogP contribution in [-0.2, 0) is 4.74 Å². The number of aliphatic hydroxyl groups excluding tert-OH is 1. The third-order valence-corrected chi connectivity index (χ3v) is 1.66. The Morgan fingerprint density at radius 3 is 2.75 bits per heavy atom. The van der Waals surface area contributed by atoms with Crippen molar-refractivity contribution in [2.24, 2.45) is 5.92 Å². The van der Waals surface area contributed by atoms with Gasteiger partial charge < -0.3 is 9.84 Å². The van der Waals surface area contributed by atoms with Crippen LogP contribution >= 0.6 is 0 Å². The Labute approximate surface area is 49.5 Å².